The third-order valence-electron chi connectivity index (χ3n) is 2.99. The van der Waals surface area contributed by atoms with Gasteiger partial charge in [0.15, 0.2) is 0 Å². The molecule has 2 aromatic carbocycles. The number of ether oxygens (including phenoxy) is 1. The Balaban J connectivity index is 2.16. The van der Waals surface area contributed by atoms with Crippen molar-refractivity contribution >= 4 is 17.4 Å². The SMILES string of the molecule is COc1ccccc1NC(=O)Nc1cccc(C)c1C#N. The predicted molar refractivity (Wildman–Crippen MR) is 81.5 cm³/mol. The van der Waals surface area contributed by atoms with Crippen LogP contribution >= 0.6 is 0 Å². The van der Waals surface area contributed by atoms with Gasteiger partial charge in [0.2, 0.25) is 0 Å². The molecule has 2 N–H and O–H groups in total. The van der Waals surface area contributed by atoms with Gasteiger partial charge in [-0.15, -0.1) is 0 Å². The molecule has 0 saturated heterocycles. The molecule has 21 heavy (non-hydrogen) atoms. The zero-order valence-electron chi connectivity index (χ0n) is 11.8. The highest BCUT2D eigenvalue weighted by molar-refractivity contribution is 6.01. The first kappa shape index (κ1) is 14.4. The maximum Gasteiger partial charge on any atom is 0.323 e. The molecular formula is C16H15N3O2. The molecule has 0 fully saturated rings. The molecule has 0 spiro atoms. The third-order valence-corrected chi connectivity index (χ3v) is 2.99. The lowest BCUT2D eigenvalue weighted by Gasteiger charge is -2.12. The number of urea groups is 1. The molecule has 2 aromatic rings. The van der Waals surface area contributed by atoms with Crippen LogP contribution in [0.15, 0.2) is 42.5 Å². The zero-order valence-corrected chi connectivity index (χ0v) is 11.8. The number of methoxy groups -OCH3 is 1. The number of carbonyl (C=O) groups excluding carboxylic acids is 1. The summed E-state index contributed by atoms with van der Waals surface area (Å²) in [5.74, 6) is 0.567. The second-order valence-electron chi connectivity index (χ2n) is 4.39. The van der Waals surface area contributed by atoms with Crippen molar-refractivity contribution in [2.24, 2.45) is 0 Å². The quantitative estimate of drug-likeness (QED) is 0.904. The van der Waals surface area contributed by atoms with Crippen LogP contribution in [-0.4, -0.2) is 13.1 Å². The van der Waals surface area contributed by atoms with Crippen LogP contribution in [0.2, 0.25) is 0 Å². The molecular weight excluding hydrogens is 266 g/mol. The summed E-state index contributed by atoms with van der Waals surface area (Å²) in [5.41, 5.74) is 2.30. The van der Waals surface area contributed by atoms with Gasteiger partial charge >= 0.3 is 6.03 Å². The van der Waals surface area contributed by atoms with Crippen LogP contribution in [0, 0.1) is 18.3 Å². The van der Waals surface area contributed by atoms with Gasteiger partial charge in [-0.05, 0) is 30.7 Å². The van der Waals surface area contributed by atoms with Crippen LogP contribution in [0.4, 0.5) is 16.2 Å². The van der Waals surface area contributed by atoms with Crippen LogP contribution in [-0.2, 0) is 0 Å². The van der Waals surface area contributed by atoms with Crippen LogP contribution in [0.25, 0.3) is 0 Å². The van der Waals surface area contributed by atoms with Crippen molar-refractivity contribution in [1.82, 2.24) is 0 Å². The molecule has 0 aliphatic rings. The lowest BCUT2D eigenvalue weighted by atomic mass is 10.1. The van der Waals surface area contributed by atoms with Crippen LogP contribution < -0.4 is 15.4 Å². The van der Waals surface area contributed by atoms with Gasteiger partial charge in [-0.25, -0.2) is 4.79 Å². The highest BCUT2D eigenvalue weighted by atomic mass is 16.5. The highest BCUT2D eigenvalue weighted by Gasteiger charge is 2.10. The summed E-state index contributed by atoms with van der Waals surface area (Å²) < 4.78 is 5.17. The third kappa shape index (κ3) is 3.31. The number of rotatable bonds is 3. The monoisotopic (exact) mass is 281 g/mol. The van der Waals surface area contributed by atoms with Crippen molar-refractivity contribution in [3.05, 3.63) is 53.6 Å². The summed E-state index contributed by atoms with van der Waals surface area (Å²) in [7, 11) is 1.53. The number of nitrogens with one attached hydrogen (secondary N) is 2. The van der Waals surface area contributed by atoms with Gasteiger partial charge in [0, 0.05) is 0 Å². The summed E-state index contributed by atoms with van der Waals surface area (Å²) in [6, 6.07) is 14.1. The minimum atomic E-state index is -0.429. The minimum Gasteiger partial charge on any atom is -0.495 e. The number of para-hydroxylation sites is 2. The normalized spacial score (nSPS) is 9.57. The lowest BCUT2D eigenvalue weighted by molar-refractivity contribution is 0.262. The topological polar surface area (TPSA) is 74.2 Å². The number of nitriles is 1. The zero-order chi connectivity index (χ0) is 15.2. The Hall–Kier alpha value is -3.00. The van der Waals surface area contributed by atoms with E-state index >= 15 is 0 Å². The summed E-state index contributed by atoms with van der Waals surface area (Å²) >= 11 is 0. The van der Waals surface area contributed by atoms with Crippen molar-refractivity contribution in [2.75, 3.05) is 17.7 Å². The van der Waals surface area contributed by atoms with E-state index < -0.39 is 6.03 Å². The van der Waals surface area contributed by atoms with Crippen LogP contribution in [0.1, 0.15) is 11.1 Å². The first-order valence-corrected chi connectivity index (χ1v) is 6.36. The summed E-state index contributed by atoms with van der Waals surface area (Å²) in [4.78, 5) is 12.0. The molecule has 0 radical (unpaired) electrons. The van der Waals surface area contributed by atoms with Crippen molar-refractivity contribution in [3.63, 3.8) is 0 Å². The molecule has 2 rings (SSSR count). The standard InChI is InChI=1S/C16H15N3O2/c1-11-6-5-8-13(12(11)10-17)18-16(20)19-14-7-3-4-9-15(14)21-2/h3-9H,1-2H3,(H2,18,19,20). The molecule has 2 amide bonds. The van der Waals surface area contributed by atoms with Gasteiger partial charge in [-0.2, -0.15) is 5.26 Å². The van der Waals surface area contributed by atoms with Gasteiger partial charge < -0.3 is 15.4 Å². The largest absolute Gasteiger partial charge is 0.495 e. The number of aryl methyl sites for hydroxylation is 1. The summed E-state index contributed by atoms with van der Waals surface area (Å²) in [6.07, 6.45) is 0. The Labute approximate surface area is 123 Å². The molecule has 106 valence electrons. The van der Waals surface area contributed by atoms with Gasteiger partial charge in [0.05, 0.1) is 24.0 Å². The van der Waals surface area contributed by atoms with Gasteiger partial charge in [0.25, 0.3) is 0 Å². The Morgan fingerprint density at radius 1 is 1.10 bits per heavy atom. The number of carbonyl (C=O) groups is 1. The average Bonchev–Trinajstić information content (AvgIpc) is 2.48. The smallest absolute Gasteiger partial charge is 0.323 e. The molecule has 0 atom stereocenters. The second-order valence-corrected chi connectivity index (χ2v) is 4.39. The maximum atomic E-state index is 12.0. The predicted octanol–water partition coefficient (Wildman–Crippen LogP) is 3.52. The molecule has 0 aromatic heterocycles. The van der Waals surface area contributed by atoms with E-state index in [4.69, 9.17) is 10.00 Å². The van der Waals surface area contributed by atoms with Gasteiger partial charge in [-0.1, -0.05) is 24.3 Å². The van der Waals surface area contributed by atoms with Crippen molar-refractivity contribution in [2.45, 2.75) is 6.92 Å². The Morgan fingerprint density at radius 2 is 1.76 bits per heavy atom. The number of benzene rings is 2. The lowest BCUT2D eigenvalue weighted by Crippen LogP contribution is -2.20. The number of amides is 2. The summed E-state index contributed by atoms with van der Waals surface area (Å²) in [5, 5.41) is 14.5. The molecule has 0 aliphatic heterocycles. The van der Waals surface area contributed by atoms with Crippen LogP contribution in [0.3, 0.4) is 0 Å². The first-order valence-electron chi connectivity index (χ1n) is 6.36. The molecule has 0 aliphatic carbocycles. The average molecular weight is 281 g/mol. The molecule has 0 bridgehead atoms. The number of hydrogen-bond acceptors (Lipinski definition) is 3. The van der Waals surface area contributed by atoms with E-state index in [1.165, 1.54) is 7.11 Å². The number of hydrogen-bond donors (Lipinski definition) is 2. The fourth-order valence-corrected chi connectivity index (χ4v) is 1.94. The Kier molecular flexibility index (Phi) is 4.42. The summed E-state index contributed by atoms with van der Waals surface area (Å²) in [6.45, 7) is 1.82. The minimum absolute atomic E-state index is 0.429. The number of nitrogens with zero attached hydrogens (tertiary/aromatic N) is 1. The van der Waals surface area contributed by atoms with Gasteiger partial charge in [-0.3, -0.25) is 0 Å². The van der Waals surface area contributed by atoms with Crippen molar-refractivity contribution in [1.29, 1.82) is 5.26 Å². The van der Waals surface area contributed by atoms with Gasteiger partial charge in [0.1, 0.15) is 11.8 Å². The number of anilines is 2. The Bertz CT molecular complexity index is 705. The van der Waals surface area contributed by atoms with E-state index in [0.29, 0.717) is 22.7 Å². The second kappa shape index (κ2) is 6.44. The molecule has 0 saturated carbocycles. The highest BCUT2D eigenvalue weighted by Crippen LogP contribution is 2.24. The van der Waals surface area contributed by atoms with Crippen molar-refractivity contribution in [3.8, 4) is 11.8 Å². The Morgan fingerprint density at radius 3 is 2.48 bits per heavy atom. The fraction of sp³-hybridized carbons (Fsp3) is 0.125. The maximum absolute atomic E-state index is 12.0. The first-order chi connectivity index (χ1) is 10.2. The van der Waals surface area contributed by atoms with E-state index in [1.54, 1.807) is 30.3 Å². The molecule has 5 nitrogen and oxygen atoms in total. The van der Waals surface area contributed by atoms with Crippen LogP contribution in [0.5, 0.6) is 5.75 Å². The van der Waals surface area contributed by atoms with E-state index in [1.807, 2.05) is 19.1 Å². The van der Waals surface area contributed by atoms with E-state index in [0.717, 1.165) is 5.56 Å². The molecule has 0 unspecified atom stereocenters. The van der Waals surface area contributed by atoms with E-state index in [2.05, 4.69) is 16.7 Å². The van der Waals surface area contributed by atoms with E-state index in [9.17, 15) is 4.79 Å². The van der Waals surface area contributed by atoms with Crippen molar-refractivity contribution < 1.29 is 9.53 Å². The fourth-order valence-electron chi connectivity index (χ4n) is 1.94. The molecule has 0 heterocycles. The molecule has 5 heteroatoms. The van der Waals surface area contributed by atoms with E-state index in [-0.39, 0.29) is 0 Å².